The van der Waals surface area contributed by atoms with Crippen molar-refractivity contribution in [2.24, 2.45) is 5.41 Å². The van der Waals surface area contributed by atoms with Crippen molar-refractivity contribution >= 4 is 11.4 Å². The Bertz CT molecular complexity index is 945. The number of aliphatic hydroxyl groups is 1. The van der Waals surface area contributed by atoms with Gasteiger partial charge in [0.15, 0.2) is 5.82 Å². The van der Waals surface area contributed by atoms with Crippen molar-refractivity contribution < 1.29 is 9.90 Å². The maximum absolute atomic E-state index is 12.8. The highest BCUT2D eigenvalue weighted by molar-refractivity contribution is 5.95. The summed E-state index contributed by atoms with van der Waals surface area (Å²) in [5.41, 5.74) is 4.97. The Labute approximate surface area is 173 Å². The van der Waals surface area contributed by atoms with Crippen LogP contribution in [-0.2, 0) is 12.0 Å². The standard InChI is InChI=1S/C25H32N2O2/c1-17-16-26-23(27-17)22(28)14-19-6-7-20(25(29)10-4-5-11-25)15-21(19)18-8-12-24(2,3)13-9-18/h6-8,15-16,29H,4-5,9-14H2,1-3H3,(H,26,27). The van der Waals surface area contributed by atoms with Crippen LogP contribution >= 0.6 is 0 Å². The van der Waals surface area contributed by atoms with Gasteiger partial charge in [-0.25, -0.2) is 4.98 Å². The molecule has 0 bridgehead atoms. The van der Waals surface area contributed by atoms with Gasteiger partial charge >= 0.3 is 0 Å². The van der Waals surface area contributed by atoms with Crippen LogP contribution in [0.5, 0.6) is 0 Å². The number of allylic oxidation sites excluding steroid dienone is 2. The molecule has 154 valence electrons. The van der Waals surface area contributed by atoms with Crippen LogP contribution in [-0.4, -0.2) is 20.9 Å². The Morgan fingerprint density at radius 3 is 2.59 bits per heavy atom. The molecule has 0 aliphatic heterocycles. The molecule has 1 fully saturated rings. The summed E-state index contributed by atoms with van der Waals surface area (Å²) in [5, 5.41) is 11.1. The third-order valence-electron chi connectivity index (χ3n) is 6.71. The van der Waals surface area contributed by atoms with Crippen molar-refractivity contribution in [2.75, 3.05) is 0 Å². The van der Waals surface area contributed by atoms with E-state index in [0.29, 0.717) is 17.7 Å². The number of aromatic nitrogens is 2. The lowest BCUT2D eigenvalue weighted by molar-refractivity contribution is 0.0444. The molecule has 4 nitrogen and oxygen atoms in total. The van der Waals surface area contributed by atoms with Gasteiger partial charge in [0, 0.05) is 18.3 Å². The van der Waals surface area contributed by atoms with Gasteiger partial charge in [-0.05, 0) is 72.8 Å². The SMILES string of the molecule is Cc1cnc(C(=O)Cc2ccc(C3(O)CCCC3)cc2C2=CCC(C)(C)CC2)[nH]1. The van der Waals surface area contributed by atoms with E-state index in [1.165, 1.54) is 5.57 Å². The van der Waals surface area contributed by atoms with Crippen LogP contribution in [0.4, 0.5) is 0 Å². The second-order valence-corrected chi connectivity index (χ2v) is 9.72. The minimum atomic E-state index is -0.718. The van der Waals surface area contributed by atoms with E-state index in [4.69, 9.17) is 0 Å². The molecule has 2 aliphatic rings. The van der Waals surface area contributed by atoms with Crippen LogP contribution in [0.3, 0.4) is 0 Å². The van der Waals surface area contributed by atoms with Crippen molar-refractivity contribution in [3.05, 3.63) is 58.7 Å². The van der Waals surface area contributed by atoms with E-state index in [2.05, 4.69) is 42.0 Å². The number of hydrogen-bond acceptors (Lipinski definition) is 3. The van der Waals surface area contributed by atoms with E-state index in [0.717, 1.165) is 67.3 Å². The zero-order valence-electron chi connectivity index (χ0n) is 17.8. The number of hydrogen-bond donors (Lipinski definition) is 2. The molecule has 2 aromatic rings. The highest BCUT2D eigenvalue weighted by Crippen LogP contribution is 2.42. The highest BCUT2D eigenvalue weighted by atomic mass is 16.3. The molecular weight excluding hydrogens is 360 g/mol. The molecule has 0 spiro atoms. The summed E-state index contributed by atoms with van der Waals surface area (Å²) in [6, 6.07) is 6.23. The predicted molar refractivity (Wildman–Crippen MR) is 116 cm³/mol. The van der Waals surface area contributed by atoms with Gasteiger partial charge in [-0.3, -0.25) is 4.79 Å². The molecule has 2 N–H and O–H groups in total. The van der Waals surface area contributed by atoms with Gasteiger partial charge in [-0.15, -0.1) is 0 Å². The Morgan fingerprint density at radius 2 is 1.97 bits per heavy atom. The number of Topliss-reactive ketones (excluding diaryl/α,β-unsaturated/α-hetero) is 1. The number of H-pyrrole nitrogens is 1. The number of imidazole rings is 1. The minimum absolute atomic E-state index is 0.00316. The van der Waals surface area contributed by atoms with Crippen molar-refractivity contribution in [3.63, 3.8) is 0 Å². The maximum Gasteiger partial charge on any atom is 0.202 e. The van der Waals surface area contributed by atoms with Crippen molar-refractivity contribution in [1.29, 1.82) is 0 Å². The van der Waals surface area contributed by atoms with Gasteiger partial charge in [0.1, 0.15) is 0 Å². The number of benzene rings is 1. The lowest BCUT2D eigenvalue weighted by Gasteiger charge is -2.30. The van der Waals surface area contributed by atoms with Crippen LogP contribution < -0.4 is 0 Å². The topological polar surface area (TPSA) is 66.0 Å². The highest BCUT2D eigenvalue weighted by Gasteiger charge is 2.34. The van der Waals surface area contributed by atoms with Gasteiger partial charge in [0.25, 0.3) is 0 Å². The van der Waals surface area contributed by atoms with Gasteiger partial charge in [-0.2, -0.15) is 0 Å². The molecule has 4 heteroatoms. The zero-order chi connectivity index (χ0) is 20.6. The Kier molecular flexibility index (Phi) is 5.24. The van der Waals surface area contributed by atoms with Crippen molar-refractivity contribution in [2.45, 2.75) is 77.7 Å². The summed E-state index contributed by atoms with van der Waals surface area (Å²) in [4.78, 5) is 20.1. The molecule has 0 atom stereocenters. The summed E-state index contributed by atoms with van der Waals surface area (Å²) in [6.45, 7) is 6.52. The number of nitrogens with zero attached hydrogens (tertiary/aromatic N) is 1. The molecule has 2 aliphatic carbocycles. The number of aryl methyl sites for hydroxylation is 1. The van der Waals surface area contributed by atoms with E-state index >= 15 is 0 Å². The lowest BCUT2D eigenvalue weighted by atomic mass is 9.75. The fraction of sp³-hybridized carbons (Fsp3) is 0.520. The normalized spacial score (nSPS) is 20.5. The van der Waals surface area contributed by atoms with Crippen molar-refractivity contribution in [3.8, 4) is 0 Å². The third kappa shape index (κ3) is 4.23. The van der Waals surface area contributed by atoms with E-state index in [1.807, 2.05) is 13.0 Å². The van der Waals surface area contributed by atoms with Crippen LogP contribution in [0.25, 0.3) is 5.57 Å². The molecule has 0 saturated heterocycles. The third-order valence-corrected chi connectivity index (χ3v) is 6.71. The Hall–Kier alpha value is -2.20. The number of ketones is 1. The van der Waals surface area contributed by atoms with Crippen LogP contribution in [0.15, 0.2) is 30.5 Å². The fourth-order valence-corrected chi connectivity index (χ4v) is 4.70. The van der Waals surface area contributed by atoms with Gasteiger partial charge in [0.05, 0.1) is 5.60 Å². The molecule has 4 rings (SSSR count). The number of carbonyl (C=O) groups excluding carboxylic acids is 1. The summed E-state index contributed by atoms with van der Waals surface area (Å²) in [6.07, 6.45) is 11.3. The molecule has 0 amide bonds. The van der Waals surface area contributed by atoms with Crippen LogP contribution in [0, 0.1) is 12.3 Å². The van der Waals surface area contributed by atoms with Crippen LogP contribution in [0.2, 0.25) is 0 Å². The van der Waals surface area contributed by atoms with Gasteiger partial charge < -0.3 is 10.1 Å². The first-order valence-corrected chi connectivity index (χ1v) is 10.9. The molecule has 0 radical (unpaired) electrons. The summed E-state index contributed by atoms with van der Waals surface area (Å²) in [5.74, 6) is 0.425. The molecule has 0 unspecified atom stereocenters. The minimum Gasteiger partial charge on any atom is -0.385 e. The number of aromatic amines is 1. The fourth-order valence-electron chi connectivity index (χ4n) is 4.70. The van der Waals surface area contributed by atoms with Gasteiger partial charge in [0.2, 0.25) is 5.78 Å². The Morgan fingerprint density at radius 1 is 1.21 bits per heavy atom. The lowest BCUT2D eigenvalue weighted by Crippen LogP contribution is -2.22. The summed E-state index contributed by atoms with van der Waals surface area (Å²) < 4.78 is 0. The predicted octanol–water partition coefficient (Wildman–Crippen LogP) is 5.50. The molecule has 1 saturated carbocycles. The van der Waals surface area contributed by atoms with Crippen LogP contribution in [0.1, 0.15) is 91.8 Å². The first-order chi connectivity index (χ1) is 13.8. The van der Waals surface area contributed by atoms with E-state index < -0.39 is 5.60 Å². The molecule has 1 aromatic carbocycles. The monoisotopic (exact) mass is 392 g/mol. The molecule has 29 heavy (non-hydrogen) atoms. The van der Waals surface area contributed by atoms with Gasteiger partial charge in [-0.1, -0.05) is 44.9 Å². The maximum atomic E-state index is 12.8. The number of carbonyl (C=O) groups is 1. The summed E-state index contributed by atoms with van der Waals surface area (Å²) in [7, 11) is 0. The molecular formula is C25H32N2O2. The number of rotatable bonds is 5. The zero-order valence-corrected chi connectivity index (χ0v) is 17.8. The number of nitrogens with one attached hydrogen (secondary N) is 1. The first kappa shape index (κ1) is 20.1. The molecule has 1 heterocycles. The average molecular weight is 393 g/mol. The van der Waals surface area contributed by atoms with E-state index in [9.17, 15) is 9.90 Å². The van der Waals surface area contributed by atoms with E-state index in [1.54, 1.807) is 6.20 Å². The largest absolute Gasteiger partial charge is 0.385 e. The van der Waals surface area contributed by atoms with Crippen molar-refractivity contribution in [1.82, 2.24) is 9.97 Å². The van der Waals surface area contributed by atoms with E-state index in [-0.39, 0.29) is 5.78 Å². The first-order valence-electron chi connectivity index (χ1n) is 10.9. The quantitative estimate of drug-likeness (QED) is 0.660. The average Bonchev–Trinajstić information content (AvgIpc) is 3.31. The summed E-state index contributed by atoms with van der Waals surface area (Å²) >= 11 is 0. The second kappa shape index (κ2) is 7.56. The molecule has 1 aromatic heterocycles. The Balaban J connectivity index is 1.70. The second-order valence-electron chi connectivity index (χ2n) is 9.72. The smallest absolute Gasteiger partial charge is 0.202 e.